The monoisotopic (exact) mass is 215 g/mol. The highest BCUT2D eigenvalue weighted by molar-refractivity contribution is 5.44. The van der Waals surface area contributed by atoms with Crippen LogP contribution in [0.2, 0.25) is 0 Å². The summed E-state index contributed by atoms with van der Waals surface area (Å²) in [4.78, 5) is 11.6. The van der Waals surface area contributed by atoms with E-state index >= 15 is 0 Å². The second kappa shape index (κ2) is 5.23. The Morgan fingerprint density at radius 1 is 1.38 bits per heavy atom. The van der Waals surface area contributed by atoms with Gasteiger partial charge in [-0.25, -0.2) is 4.98 Å². The van der Waals surface area contributed by atoms with Crippen molar-refractivity contribution >= 4 is 6.08 Å². The van der Waals surface area contributed by atoms with Crippen molar-refractivity contribution in [3.05, 3.63) is 53.9 Å². The van der Waals surface area contributed by atoms with Crippen molar-refractivity contribution in [2.45, 2.75) is 6.42 Å². The molecule has 2 N–H and O–H groups in total. The van der Waals surface area contributed by atoms with Crippen molar-refractivity contribution in [3.8, 4) is 0 Å². The van der Waals surface area contributed by atoms with E-state index in [1.54, 1.807) is 24.5 Å². The molecule has 0 amide bonds. The summed E-state index contributed by atoms with van der Waals surface area (Å²) in [6, 6.07) is 5.80. The molecule has 0 aliphatic heterocycles. The molecule has 82 valence electrons. The third kappa shape index (κ3) is 2.77. The summed E-state index contributed by atoms with van der Waals surface area (Å²) in [6.45, 7) is 0.0318. The van der Waals surface area contributed by atoms with Gasteiger partial charge in [0.15, 0.2) is 0 Å². The molecule has 0 fully saturated rings. The quantitative estimate of drug-likeness (QED) is 0.810. The highest BCUT2D eigenvalue weighted by Gasteiger charge is 1.99. The molecular weight excluding hydrogens is 202 g/mol. The SMILES string of the molecule is OC/C=C/c1cccc(Cc2ncc[nH]2)n1. The van der Waals surface area contributed by atoms with Crippen LogP contribution in [0.15, 0.2) is 36.7 Å². The number of aliphatic hydroxyl groups excluding tert-OH is 1. The molecule has 16 heavy (non-hydrogen) atoms. The third-order valence-electron chi connectivity index (χ3n) is 2.13. The van der Waals surface area contributed by atoms with Crippen molar-refractivity contribution in [2.24, 2.45) is 0 Å². The summed E-state index contributed by atoms with van der Waals surface area (Å²) in [5.41, 5.74) is 1.80. The van der Waals surface area contributed by atoms with E-state index in [1.807, 2.05) is 18.2 Å². The van der Waals surface area contributed by atoms with E-state index in [0.29, 0.717) is 6.42 Å². The Hall–Kier alpha value is -1.94. The lowest BCUT2D eigenvalue weighted by molar-refractivity contribution is 0.343. The molecular formula is C12H13N3O. The van der Waals surface area contributed by atoms with Gasteiger partial charge in [0, 0.05) is 24.5 Å². The largest absolute Gasteiger partial charge is 0.392 e. The second-order valence-corrected chi connectivity index (χ2v) is 3.35. The van der Waals surface area contributed by atoms with Crippen LogP contribution in [0.3, 0.4) is 0 Å². The molecule has 0 atom stereocenters. The fourth-order valence-corrected chi connectivity index (χ4v) is 1.43. The van der Waals surface area contributed by atoms with Crippen LogP contribution in [-0.4, -0.2) is 26.7 Å². The molecule has 2 aromatic rings. The number of aromatic amines is 1. The number of hydrogen-bond acceptors (Lipinski definition) is 3. The fraction of sp³-hybridized carbons (Fsp3) is 0.167. The molecule has 4 nitrogen and oxygen atoms in total. The zero-order chi connectivity index (χ0) is 11.2. The van der Waals surface area contributed by atoms with Crippen LogP contribution in [-0.2, 0) is 6.42 Å². The topological polar surface area (TPSA) is 61.8 Å². The summed E-state index contributed by atoms with van der Waals surface area (Å²) in [6.07, 6.45) is 7.67. The molecule has 0 saturated heterocycles. The van der Waals surface area contributed by atoms with Gasteiger partial charge in [-0.3, -0.25) is 4.98 Å². The zero-order valence-corrected chi connectivity index (χ0v) is 8.80. The van der Waals surface area contributed by atoms with Crippen molar-refractivity contribution in [1.29, 1.82) is 0 Å². The van der Waals surface area contributed by atoms with Crippen LogP contribution in [0, 0.1) is 0 Å². The van der Waals surface area contributed by atoms with E-state index < -0.39 is 0 Å². The second-order valence-electron chi connectivity index (χ2n) is 3.35. The van der Waals surface area contributed by atoms with Crippen LogP contribution < -0.4 is 0 Å². The molecule has 0 saturated carbocycles. The van der Waals surface area contributed by atoms with Crippen molar-refractivity contribution in [2.75, 3.05) is 6.61 Å². The van der Waals surface area contributed by atoms with E-state index in [-0.39, 0.29) is 6.61 Å². The number of imidazole rings is 1. The Balaban J connectivity index is 2.13. The van der Waals surface area contributed by atoms with E-state index in [1.165, 1.54) is 0 Å². The number of nitrogens with zero attached hydrogens (tertiary/aromatic N) is 2. The van der Waals surface area contributed by atoms with Crippen molar-refractivity contribution < 1.29 is 5.11 Å². The maximum Gasteiger partial charge on any atom is 0.112 e. The Bertz CT molecular complexity index is 463. The first kappa shape index (κ1) is 10.6. The minimum atomic E-state index is 0.0318. The average Bonchev–Trinajstić information content (AvgIpc) is 2.80. The standard InChI is InChI=1S/C12H13N3O/c16-8-2-5-10-3-1-4-11(15-10)9-12-13-6-7-14-12/h1-7,16H,8-9H2,(H,13,14)/b5-2+. The average molecular weight is 215 g/mol. The lowest BCUT2D eigenvalue weighted by atomic mass is 10.2. The van der Waals surface area contributed by atoms with Crippen LogP contribution in [0.25, 0.3) is 6.08 Å². The van der Waals surface area contributed by atoms with Gasteiger partial charge < -0.3 is 10.1 Å². The van der Waals surface area contributed by atoms with Gasteiger partial charge in [-0.2, -0.15) is 0 Å². The molecule has 2 aromatic heterocycles. The minimum Gasteiger partial charge on any atom is -0.392 e. The Morgan fingerprint density at radius 2 is 2.31 bits per heavy atom. The molecule has 2 heterocycles. The summed E-state index contributed by atoms with van der Waals surface area (Å²) in [7, 11) is 0. The van der Waals surface area contributed by atoms with Gasteiger partial charge in [0.05, 0.1) is 12.3 Å². The first-order valence-electron chi connectivity index (χ1n) is 5.10. The summed E-state index contributed by atoms with van der Waals surface area (Å²) in [5, 5.41) is 8.67. The van der Waals surface area contributed by atoms with E-state index in [4.69, 9.17) is 5.11 Å². The Labute approximate surface area is 93.7 Å². The molecule has 2 rings (SSSR count). The van der Waals surface area contributed by atoms with Crippen LogP contribution in [0.4, 0.5) is 0 Å². The van der Waals surface area contributed by atoms with Crippen LogP contribution >= 0.6 is 0 Å². The van der Waals surface area contributed by atoms with E-state index in [0.717, 1.165) is 17.2 Å². The Morgan fingerprint density at radius 3 is 3.06 bits per heavy atom. The molecule has 0 aromatic carbocycles. The maximum absolute atomic E-state index is 8.67. The van der Waals surface area contributed by atoms with Crippen LogP contribution in [0.1, 0.15) is 17.2 Å². The maximum atomic E-state index is 8.67. The normalized spacial score (nSPS) is 11.1. The molecule has 0 unspecified atom stereocenters. The van der Waals surface area contributed by atoms with Crippen molar-refractivity contribution in [1.82, 2.24) is 15.0 Å². The summed E-state index contributed by atoms with van der Waals surface area (Å²) in [5.74, 6) is 0.899. The molecule has 0 radical (unpaired) electrons. The lowest BCUT2D eigenvalue weighted by Crippen LogP contribution is -1.95. The highest BCUT2D eigenvalue weighted by Crippen LogP contribution is 2.05. The van der Waals surface area contributed by atoms with Gasteiger partial charge >= 0.3 is 0 Å². The summed E-state index contributed by atoms with van der Waals surface area (Å²) >= 11 is 0. The van der Waals surface area contributed by atoms with Gasteiger partial charge in [0.25, 0.3) is 0 Å². The highest BCUT2D eigenvalue weighted by atomic mass is 16.2. The number of aromatic nitrogens is 3. The zero-order valence-electron chi connectivity index (χ0n) is 8.80. The molecule has 0 bridgehead atoms. The Kier molecular flexibility index (Phi) is 3.46. The van der Waals surface area contributed by atoms with Gasteiger partial charge in [0.2, 0.25) is 0 Å². The van der Waals surface area contributed by atoms with Gasteiger partial charge in [0.1, 0.15) is 5.82 Å². The summed E-state index contributed by atoms with van der Waals surface area (Å²) < 4.78 is 0. The molecule has 0 spiro atoms. The predicted octanol–water partition coefficient (Wildman–Crippen LogP) is 1.40. The lowest BCUT2D eigenvalue weighted by Gasteiger charge is -1.99. The van der Waals surface area contributed by atoms with Gasteiger partial charge in [-0.1, -0.05) is 12.1 Å². The van der Waals surface area contributed by atoms with E-state index in [9.17, 15) is 0 Å². The van der Waals surface area contributed by atoms with E-state index in [2.05, 4.69) is 15.0 Å². The first-order chi connectivity index (χ1) is 7.88. The number of hydrogen-bond donors (Lipinski definition) is 2. The smallest absolute Gasteiger partial charge is 0.112 e. The number of nitrogens with one attached hydrogen (secondary N) is 1. The molecule has 4 heteroatoms. The van der Waals surface area contributed by atoms with Gasteiger partial charge in [-0.05, 0) is 18.2 Å². The minimum absolute atomic E-state index is 0.0318. The molecule has 0 aliphatic carbocycles. The van der Waals surface area contributed by atoms with Crippen LogP contribution in [0.5, 0.6) is 0 Å². The van der Waals surface area contributed by atoms with Crippen molar-refractivity contribution in [3.63, 3.8) is 0 Å². The number of rotatable bonds is 4. The third-order valence-corrected chi connectivity index (χ3v) is 2.13. The number of pyridine rings is 1. The van der Waals surface area contributed by atoms with Gasteiger partial charge in [-0.15, -0.1) is 0 Å². The molecule has 0 aliphatic rings. The number of aliphatic hydroxyl groups is 1. The fourth-order valence-electron chi connectivity index (χ4n) is 1.43. The number of H-pyrrole nitrogens is 1. The predicted molar refractivity (Wildman–Crippen MR) is 61.8 cm³/mol. The first-order valence-corrected chi connectivity index (χ1v) is 5.10.